The fraction of sp³-hybridized carbons (Fsp3) is 0.712. The molecule has 0 aliphatic heterocycles. The Balaban J connectivity index is 4.48. The fourth-order valence-electron chi connectivity index (χ4n) is 9.28. The molecule has 0 fully saturated rings. The molecule has 6 nitrogen and oxygen atoms in total. The molecule has 0 aliphatic rings. The van der Waals surface area contributed by atoms with E-state index in [1.54, 1.807) is 0 Å². The molecule has 0 N–H and O–H groups in total. The Bertz CT molecular complexity index is 1590. The van der Waals surface area contributed by atoms with E-state index in [4.69, 9.17) is 14.2 Å². The molecule has 0 saturated heterocycles. The van der Waals surface area contributed by atoms with Gasteiger partial charge in [0, 0.05) is 19.3 Å². The van der Waals surface area contributed by atoms with Gasteiger partial charge >= 0.3 is 17.9 Å². The van der Waals surface area contributed by atoms with Gasteiger partial charge in [-0.05, 0) is 109 Å². The molecule has 0 amide bonds. The summed E-state index contributed by atoms with van der Waals surface area (Å²) >= 11 is 0. The van der Waals surface area contributed by atoms with Crippen molar-refractivity contribution in [3.05, 3.63) is 109 Å². The van der Waals surface area contributed by atoms with Crippen molar-refractivity contribution in [3.8, 4) is 0 Å². The first-order chi connectivity index (χ1) is 39.0. The van der Waals surface area contributed by atoms with Crippen molar-refractivity contribution in [2.45, 2.75) is 322 Å². The first kappa shape index (κ1) is 75.1. The maximum absolute atomic E-state index is 12.9. The van der Waals surface area contributed by atoms with Crippen molar-refractivity contribution < 1.29 is 28.6 Å². The Hall–Kier alpha value is -3.93. The standard InChI is InChI=1S/C73H124O6/c1-4-7-10-13-16-19-22-25-28-31-34-36-39-42-45-48-51-54-57-60-63-66-72(75)78-69-70(68-77-71(74)65-62-59-56-53-50-47-44-41-38-33-30-27-24-21-18-15-12-9-6-3)79-73(76)67-64-61-58-55-52-49-46-43-40-37-35-32-29-26-23-20-17-14-11-8-5-2/h7,10,16,19,23,25-26,28,32,34-36,40,42-43,45,51,54,70H,4-6,8-9,11-15,17-18,20-22,24,27,29-31,33,37-39,41,44,46-50,52-53,55-69H2,1-3H3/b10-7-,19-16-,26-23-,28-25-,35-32-,36-34-,43-40-,45-42-,54-51-. The third-order valence-electron chi connectivity index (χ3n) is 14.3. The van der Waals surface area contributed by atoms with Crippen LogP contribution in [0.15, 0.2) is 109 Å². The minimum atomic E-state index is -0.806. The summed E-state index contributed by atoms with van der Waals surface area (Å²) in [6, 6.07) is 0. The summed E-state index contributed by atoms with van der Waals surface area (Å²) < 4.78 is 16.9. The van der Waals surface area contributed by atoms with Gasteiger partial charge < -0.3 is 14.2 Å². The minimum Gasteiger partial charge on any atom is -0.462 e. The average Bonchev–Trinajstić information content (AvgIpc) is 3.45. The van der Waals surface area contributed by atoms with Crippen LogP contribution in [0, 0.1) is 0 Å². The molecule has 0 heterocycles. The number of allylic oxidation sites excluding steroid dienone is 18. The lowest BCUT2D eigenvalue weighted by molar-refractivity contribution is -0.167. The van der Waals surface area contributed by atoms with E-state index in [1.165, 1.54) is 154 Å². The first-order valence-electron chi connectivity index (χ1n) is 33.4. The summed E-state index contributed by atoms with van der Waals surface area (Å²) in [5.74, 6) is -0.943. The Labute approximate surface area is 489 Å². The third-order valence-corrected chi connectivity index (χ3v) is 14.3. The van der Waals surface area contributed by atoms with Crippen LogP contribution in [0.2, 0.25) is 0 Å². The van der Waals surface area contributed by atoms with Gasteiger partial charge in [0.2, 0.25) is 0 Å². The van der Waals surface area contributed by atoms with Crippen molar-refractivity contribution in [2.24, 2.45) is 0 Å². The van der Waals surface area contributed by atoms with E-state index in [-0.39, 0.29) is 31.1 Å². The van der Waals surface area contributed by atoms with E-state index < -0.39 is 6.10 Å². The molecular formula is C73H124O6. The summed E-state index contributed by atoms with van der Waals surface area (Å²) in [6.45, 7) is 6.50. The molecular weight excluding hydrogens is 973 g/mol. The second-order valence-electron chi connectivity index (χ2n) is 22.0. The summed E-state index contributed by atoms with van der Waals surface area (Å²) in [4.78, 5) is 38.4. The van der Waals surface area contributed by atoms with E-state index in [1.807, 2.05) is 0 Å². The summed E-state index contributed by atoms with van der Waals surface area (Å²) in [6.07, 6.45) is 90.9. The van der Waals surface area contributed by atoms with E-state index in [2.05, 4.69) is 130 Å². The molecule has 0 aliphatic carbocycles. The molecule has 6 heteroatoms. The van der Waals surface area contributed by atoms with Crippen LogP contribution in [0.1, 0.15) is 316 Å². The van der Waals surface area contributed by atoms with Crippen molar-refractivity contribution in [2.75, 3.05) is 13.2 Å². The van der Waals surface area contributed by atoms with E-state index in [0.29, 0.717) is 19.3 Å². The Morgan fingerprint density at radius 2 is 0.494 bits per heavy atom. The predicted molar refractivity (Wildman–Crippen MR) is 343 cm³/mol. The van der Waals surface area contributed by atoms with Crippen LogP contribution in [0.4, 0.5) is 0 Å². The maximum atomic E-state index is 12.9. The fourth-order valence-corrected chi connectivity index (χ4v) is 9.28. The summed E-state index contributed by atoms with van der Waals surface area (Å²) in [5, 5.41) is 0. The third kappa shape index (κ3) is 64.8. The van der Waals surface area contributed by atoms with Gasteiger partial charge in [-0.25, -0.2) is 0 Å². The zero-order valence-corrected chi connectivity index (χ0v) is 51.9. The Kier molecular flexibility index (Phi) is 63.3. The molecule has 0 saturated carbocycles. The molecule has 0 rings (SSSR count). The van der Waals surface area contributed by atoms with E-state index in [0.717, 1.165) is 122 Å². The maximum Gasteiger partial charge on any atom is 0.306 e. The molecule has 1 atom stereocenters. The SMILES string of the molecule is CC/C=C\C/C=C\C/C=C\C/C=C\C/C=C\C/C=C\CCCCC(=O)OCC(COC(=O)CCCCCCCCCCCCCCCCCCCCC)OC(=O)CCCCCCCC/C=C\C/C=C\C/C=C\CCCCCCC. The number of unbranched alkanes of at least 4 members (excludes halogenated alkanes) is 31. The van der Waals surface area contributed by atoms with Crippen LogP contribution in [0.3, 0.4) is 0 Å². The van der Waals surface area contributed by atoms with Crippen molar-refractivity contribution >= 4 is 17.9 Å². The highest BCUT2D eigenvalue weighted by Crippen LogP contribution is 2.16. The van der Waals surface area contributed by atoms with Crippen molar-refractivity contribution in [3.63, 3.8) is 0 Å². The second-order valence-corrected chi connectivity index (χ2v) is 22.0. The molecule has 0 radical (unpaired) electrons. The number of rotatable bonds is 60. The van der Waals surface area contributed by atoms with Crippen LogP contribution in [0.25, 0.3) is 0 Å². The molecule has 0 spiro atoms. The number of hydrogen-bond donors (Lipinski definition) is 0. The lowest BCUT2D eigenvalue weighted by atomic mass is 10.0. The lowest BCUT2D eigenvalue weighted by Crippen LogP contribution is -2.30. The lowest BCUT2D eigenvalue weighted by Gasteiger charge is -2.18. The van der Waals surface area contributed by atoms with Gasteiger partial charge in [-0.3, -0.25) is 14.4 Å². The average molecular weight is 1100 g/mol. The number of esters is 3. The van der Waals surface area contributed by atoms with Gasteiger partial charge in [-0.15, -0.1) is 0 Å². The molecule has 0 aromatic rings. The molecule has 1 unspecified atom stereocenters. The van der Waals surface area contributed by atoms with E-state index >= 15 is 0 Å². The first-order valence-corrected chi connectivity index (χ1v) is 33.4. The highest BCUT2D eigenvalue weighted by atomic mass is 16.6. The van der Waals surface area contributed by atoms with Gasteiger partial charge in [0.15, 0.2) is 6.10 Å². The molecule has 0 aromatic carbocycles. The zero-order chi connectivity index (χ0) is 57.1. The Morgan fingerprint density at radius 1 is 0.266 bits per heavy atom. The summed E-state index contributed by atoms with van der Waals surface area (Å²) in [5.41, 5.74) is 0. The number of ether oxygens (including phenoxy) is 3. The molecule has 452 valence electrons. The van der Waals surface area contributed by atoms with Crippen LogP contribution in [-0.4, -0.2) is 37.2 Å². The van der Waals surface area contributed by atoms with Crippen molar-refractivity contribution in [1.29, 1.82) is 0 Å². The van der Waals surface area contributed by atoms with E-state index in [9.17, 15) is 14.4 Å². The second kappa shape index (κ2) is 66.6. The highest BCUT2D eigenvalue weighted by molar-refractivity contribution is 5.71. The molecule has 0 aromatic heterocycles. The van der Waals surface area contributed by atoms with Crippen LogP contribution < -0.4 is 0 Å². The van der Waals surface area contributed by atoms with Gasteiger partial charge in [0.05, 0.1) is 0 Å². The predicted octanol–water partition coefficient (Wildman–Crippen LogP) is 23.0. The number of carbonyl (C=O) groups is 3. The highest BCUT2D eigenvalue weighted by Gasteiger charge is 2.19. The molecule has 79 heavy (non-hydrogen) atoms. The van der Waals surface area contributed by atoms with Crippen LogP contribution in [-0.2, 0) is 28.6 Å². The number of hydrogen-bond acceptors (Lipinski definition) is 6. The van der Waals surface area contributed by atoms with Gasteiger partial charge in [-0.2, -0.15) is 0 Å². The largest absolute Gasteiger partial charge is 0.462 e. The van der Waals surface area contributed by atoms with Gasteiger partial charge in [0.25, 0.3) is 0 Å². The Morgan fingerprint density at radius 3 is 0.797 bits per heavy atom. The zero-order valence-electron chi connectivity index (χ0n) is 51.9. The quantitative estimate of drug-likeness (QED) is 0.0261. The van der Waals surface area contributed by atoms with Gasteiger partial charge in [-0.1, -0.05) is 297 Å². The smallest absolute Gasteiger partial charge is 0.306 e. The van der Waals surface area contributed by atoms with Crippen LogP contribution >= 0.6 is 0 Å². The minimum absolute atomic E-state index is 0.0962. The number of carbonyl (C=O) groups excluding carboxylic acids is 3. The normalized spacial score (nSPS) is 12.8. The van der Waals surface area contributed by atoms with Gasteiger partial charge in [0.1, 0.15) is 13.2 Å². The van der Waals surface area contributed by atoms with Crippen LogP contribution in [0.5, 0.6) is 0 Å². The topological polar surface area (TPSA) is 78.9 Å². The monoisotopic (exact) mass is 1100 g/mol. The summed E-state index contributed by atoms with van der Waals surface area (Å²) in [7, 11) is 0. The van der Waals surface area contributed by atoms with Crippen molar-refractivity contribution in [1.82, 2.24) is 0 Å². The molecule has 0 bridgehead atoms.